The number of aliphatic hydroxyl groups excluding tert-OH is 1. The maximum Gasteiger partial charge on any atom is 0.131 e. The van der Waals surface area contributed by atoms with Gasteiger partial charge in [-0.1, -0.05) is 6.92 Å². The first-order valence-corrected chi connectivity index (χ1v) is 5.24. The zero-order valence-corrected chi connectivity index (χ0v) is 9.20. The number of nitrogens with zero attached hydrogens (tertiary/aromatic N) is 2. The zero-order valence-electron chi connectivity index (χ0n) is 9.20. The van der Waals surface area contributed by atoms with Crippen LogP contribution in [0.4, 0.5) is 11.6 Å². The highest BCUT2D eigenvalue weighted by Crippen LogP contribution is 2.08. The van der Waals surface area contributed by atoms with Crippen molar-refractivity contribution in [3.8, 4) is 0 Å². The molecule has 5 nitrogen and oxygen atoms in total. The summed E-state index contributed by atoms with van der Waals surface area (Å²) < 4.78 is 0. The molecule has 1 atom stereocenters. The minimum Gasteiger partial charge on any atom is -0.391 e. The predicted octanol–water partition coefficient (Wildman–Crippen LogP) is 1.09. The topological polar surface area (TPSA) is 70.1 Å². The van der Waals surface area contributed by atoms with Gasteiger partial charge in [0.25, 0.3) is 0 Å². The van der Waals surface area contributed by atoms with E-state index in [0.717, 1.165) is 24.6 Å². The highest BCUT2D eigenvalue weighted by Gasteiger charge is 2.01. The van der Waals surface area contributed by atoms with E-state index in [1.165, 1.54) is 6.33 Å². The fourth-order valence-electron chi connectivity index (χ4n) is 1.10. The van der Waals surface area contributed by atoms with E-state index in [0.29, 0.717) is 6.54 Å². The van der Waals surface area contributed by atoms with E-state index in [4.69, 9.17) is 0 Å². The van der Waals surface area contributed by atoms with E-state index >= 15 is 0 Å². The van der Waals surface area contributed by atoms with Crippen molar-refractivity contribution in [2.24, 2.45) is 0 Å². The number of hydrogen-bond donors (Lipinski definition) is 3. The molecule has 1 aromatic heterocycles. The van der Waals surface area contributed by atoms with E-state index in [1.807, 2.05) is 19.9 Å². The Bertz CT molecular complexity index is 293. The molecule has 0 aliphatic heterocycles. The van der Waals surface area contributed by atoms with Crippen molar-refractivity contribution in [3.05, 3.63) is 12.4 Å². The maximum atomic E-state index is 9.37. The van der Waals surface area contributed by atoms with Gasteiger partial charge in [0.1, 0.15) is 18.0 Å². The molecule has 0 aliphatic rings. The van der Waals surface area contributed by atoms with Gasteiger partial charge in [0, 0.05) is 19.2 Å². The van der Waals surface area contributed by atoms with E-state index in [-0.39, 0.29) is 6.10 Å². The highest BCUT2D eigenvalue weighted by atomic mass is 16.3. The molecule has 0 amide bonds. The van der Waals surface area contributed by atoms with Crippen LogP contribution in [0.15, 0.2) is 12.4 Å². The monoisotopic (exact) mass is 210 g/mol. The fraction of sp³-hybridized carbons (Fsp3) is 0.600. The van der Waals surface area contributed by atoms with Gasteiger partial charge in [0.15, 0.2) is 0 Å². The van der Waals surface area contributed by atoms with E-state index in [1.54, 1.807) is 0 Å². The Hall–Kier alpha value is -1.36. The zero-order chi connectivity index (χ0) is 11.1. The molecule has 15 heavy (non-hydrogen) atoms. The van der Waals surface area contributed by atoms with Crippen LogP contribution in [0.1, 0.15) is 20.3 Å². The second-order valence-corrected chi connectivity index (χ2v) is 3.26. The molecule has 0 spiro atoms. The molecule has 0 bridgehead atoms. The number of aromatic nitrogens is 2. The van der Waals surface area contributed by atoms with Gasteiger partial charge in [-0.3, -0.25) is 0 Å². The first-order chi connectivity index (χ1) is 7.26. The minimum atomic E-state index is -0.331. The van der Waals surface area contributed by atoms with Crippen molar-refractivity contribution in [2.75, 3.05) is 23.7 Å². The van der Waals surface area contributed by atoms with Crippen LogP contribution < -0.4 is 10.6 Å². The smallest absolute Gasteiger partial charge is 0.131 e. The number of nitrogens with one attached hydrogen (secondary N) is 2. The molecule has 0 aliphatic carbocycles. The molecule has 1 heterocycles. The number of hydrogen-bond acceptors (Lipinski definition) is 5. The standard InChI is InChI=1S/C10H18N4O/c1-3-8(15)6-12-10-5-9(11-4-2)13-7-14-10/h5,7-8,15H,3-4,6H2,1-2H3,(H2,11,12,13,14). The lowest BCUT2D eigenvalue weighted by Crippen LogP contribution is -2.18. The second kappa shape index (κ2) is 6.19. The van der Waals surface area contributed by atoms with E-state index in [9.17, 15) is 5.11 Å². The fourth-order valence-corrected chi connectivity index (χ4v) is 1.10. The lowest BCUT2D eigenvalue weighted by molar-refractivity contribution is 0.183. The van der Waals surface area contributed by atoms with Crippen molar-refractivity contribution in [1.82, 2.24) is 9.97 Å². The first-order valence-electron chi connectivity index (χ1n) is 5.24. The number of anilines is 2. The van der Waals surface area contributed by atoms with Crippen LogP contribution in [0.2, 0.25) is 0 Å². The number of aliphatic hydroxyl groups is 1. The molecular weight excluding hydrogens is 192 g/mol. The summed E-state index contributed by atoms with van der Waals surface area (Å²) in [5, 5.41) is 15.5. The largest absolute Gasteiger partial charge is 0.391 e. The molecule has 0 fully saturated rings. The van der Waals surface area contributed by atoms with Gasteiger partial charge in [0.05, 0.1) is 6.10 Å². The van der Waals surface area contributed by atoms with Crippen LogP contribution in [-0.2, 0) is 0 Å². The van der Waals surface area contributed by atoms with Crippen LogP contribution in [0.3, 0.4) is 0 Å². The third-order valence-electron chi connectivity index (χ3n) is 2.02. The van der Waals surface area contributed by atoms with E-state index in [2.05, 4.69) is 20.6 Å². The van der Waals surface area contributed by atoms with Crippen molar-refractivity contribution in [3.63, 3.8) is 0 Å². The van der Waals surface area contributed by atoms with Gasteiger partial charge < -0.3 is 15.7 Å². The summed E-state index contributed by atoms with van der Waals surface area (Å²) >= 11 is 0. The van der Waals surface area contributed by atoms with Crippen molar-refractivity contribution < 1.29 is 5.11 Å². The lowest BCUT2D eigenvalue weighted by Gasteiger charge is -2.10. The molecule has 1 rings (SSSR count). The summed E-state index contributed by atoms with van der Waals surface area (Å²) in [6.07, 6.45) is 1.90. The second-order valence-electron chi connectivity index (χ2n) is 3.26. The summed E-state index contributed by atoms with van der Waals surface area (Å²) in [5.41, 5.74) is 0. The van der Waals surface area contributed by atoms with Gasteiger partial charge in [-0.15, -0.1) is 0 Å². The summed E-state index contributed by atoms with van der Waals surface area (Å²) in [5.74, 6) is 1.52. The molecule has 1 aromatic rings. The van der Waals surface area contributed by atoms with Crippen LogP contribution >= 0.6 is 0 Å². The van der Waals surface area contributed by atoms with Gasteiger partial charge in [0.2, 0.25) is 0 Å². The molecular formula is C10H18N4O. The van der Waals surface area contributed by atoms with Crippen LogP contribution in [0.25, 0.3) is 0 Å². The summed E-state index contributed by atoms with van der Waals surface area (Å²) in [6.45, 7) is 5.29. The summed E-state index contributed by atoms with van der Waals surface area (Å²) in [7, 11) is 0. The van der Waals surface area contributed by atoms with Gasteiger partial charge in [-0.25, -0.2) is 9.97 Å². The van der Waals surface area contributed by atoms with Gasteiger partial charge >= 0.3 is 0 Å². The molecule has 5 heteroatoms. The summed E-state index contributed by atoms with van der Waals surface area (Å²) in [6, 6.07) is 1.83. The molecule has 84 valence electrons. The van der Waals surface area contributed by atoms with Crippen LogP contribution in [-0.4, -0.2) is 34.3 Å². The Morgan fingerprint density at radius 3 is 2.53 bits per heavy atom. The Morgan fingerprint density at radius 1 is 1.27 bits per heavy atom. The quantitative estimate of drug-likeness (QED) is 0.655. The molecule has 3 N–H and O–H groups in total. The molecule has 0 saturated heterocycles. The Balaban J connectivity index is 2.50. The van der Waals surface area contributed by atoms with Crippen LogP contribution in [0.5, 0.6) is 0 Å². The van der Waals surface area contributed by atoms with Crippen molar-refractivity contribution >= 4 is 11.6 Å². The molecule has 1 unspecified atom stereocenters. The van der Waals surface area contributed by atoms with Crippen LogP contribution in [0, 0.1) is 0 Å². The third-order valence-corrected chi connectivity index (χ3v) is 2.02. The molecule has 0 radical (unpaired) electrons. The predicted molar refractivity (Wildman–Crippen MR) is 61.0 cm³/mol. The Morgan fingerprint density at radius 2 is 1.93 bits per heavy atom. The SMILES string of the molecule is CCNc1cc(NCC(O)CC)ncn1. The minimum absolute atomic E-state index is 0.331. The molecule has 0 aromatic carbocycles. The molecule has 0 saturated carbocycles. The average Bonchev–Trinajstić information content (AvgIpc) is 2.27. The normalized spacial score (nSPS) is 12.2. The Labute approximate surface area is 90.0 Å². The van der Waals surface area contributed by atoms with Crippen molar-refractivity contribution in [2.45, 2.75) is 26.4 Å². The third kappa shape index (κ3) is 4.12. The average molecular weight is 210 g/mol. The number of rotatable bonds is 6. The van der Waals surface area contributed by atoms with Gasteiger partial charge in [-0.2, -0.15) is 0 Å². The van der Waals surface area contributed by atoms with Crippen molar-refractivity contribution in [1.29, 1.82) is 0 Å². The lowest BCUT2D eigenvalue weighted by atomic mass is 10.3. The maximum absolute atomic E-state index is 9.37. The Kier molecular flexibility index (Phi) is 4.83. The van der Waals surface area contributed by atoms with Gasteiger partial charge in [-0.05, 0) is 13.3 Å². The highest BCUT2D eigenvalue weighted by molar-refractivity contribution is 5.46. The summed E-state index contributed by atoms with van der Waals surface area (Å²) in [4.78, 5) is 8.11. The van der Waals surface area contributed by atoms with E-state index < -0.39 is 0 Å². The first kappa shape index (κ1) is 11.7.